The third-order valence-electron chi connectivity index (χ3n) is 2.30. The maximum absolute atomic E-state index is 12.2. The van der Waals surface area contributed by atoms with Gasteiger partial charge in [-0.15, -0.1) is 0 Å². The Bertz CT molecular complexity index is 722. The van der Waals surface area contributed by atoms with Gasteiger partial charge in [0.2, 0.25) is 0 Å². The van der Waals surface area contributed by atoms with Crippen molar-refractivity contribution < 1.29 is 8.42 Å². The van der Waals surface area contributed by atoms with E-state index in [1.807, 2.05) is 0 Å². The Kier molecular flexibility index (Phi) is 4.07. The first-order valence-corrected chi connectivity index (χ1v) is 7.80. The Hall–Kier alpha value is -1.18. The number of hydrogen-bond acceptors (Lipinski definition) is 4. The van der Waals surface area contributed by atoms with Gasteiger partial charge in [-0.1, -0.05) is 11.6 Å². The monoisotopic (exact) mass is 361 g/mol. The Labute approximate surface area is 124 Å². The molecule has 0 aliphatic heterocycles. The molecule has 0 amide bonds. The van der Waals surface area contributed by atoms with Crippen molar-refractivity contribution in [2.45, 2.75) is 11.8 Å². The van der Waals surface area contributed by atoms with Crippen LogP contribution >= 0.6 is 27.5 Å². The lowest BCUT2D eigenvalue weighted by atomic mass is 10.3. The number of pyridine rings is 2. The predicted octanol–water partition coefficient (Wildman–Crippen LogP) is 3.00. The molecule has 19 heavy (non-hydrogen) atoms. The van der Waals surface area contributed by atoms with Gasteiger partial charge < -0.3 is 0 Å². The fourth-order valence-electron chi connectivity index (χ4n) is 1.39. The summed E-state index contributed by atoms with van der Waals surface area (Å²) in [5.74, 6) is 0.253. The minimum atomic E-state index is -3.80. The third kappa shape index (κ3) is 3.23. The second kappa shape index (κ2) is 5.44. The zero-order chi connectivity index (χ0) is 14.0. The van der Waals surface area contributed by atoms with E-state index in [-0.39, 0.29) is 15.7 Å². The number of hydrogen-bond donors (Lipinski definition) is 1. The number of halogens is 2. The zero-order valence-electron chi connectivity index (χ0n) is 9.76. The van der Waals surface area contributed by atoms with Crippen molar-refractivity contribution in [3.8, 4) is 0 Å². The van der Waals surface area contributed by atoms with Gasteiger partial charge in [-0.05, 0) is 40.5 Å². The normalized spacial score (nSPS) is 11.3. The summed E-state index contributed by atoms with van der Waals surface area (Å²) in [5, 5.41) is 0.109. The van der Waals surface area contributed by atoms with Crippen LogP contribution in [0.1, 0.15) is 5.56 Å². The van der Waals surface area contributed by atoms with E-state index in [1.54, 1.807) is 13.0 Å². The minimum absolute atomic E-state index is 0.0826. The lowest BCUT2D eigenvalue weighted by Crippen LogP contribution is -2.15. The highest BCUT2D eigenvalue weighted by Gasteiger charge is 2.19. The molecule has 2 aromatic heterocycles. The Balaban J connectivity index is 2.40. The smallest absolute Gasteiger partial charge is 0.263 e. The topological polar surface area (TPSA) is 72.0 Å². The summed E-state index contributed by atoms with van der Waals surface area (Å²) in [6, 6.07) is 3.17. The van der Waals surface area contributed by atoms with Gasteiger partial charge in [-0.25, -0.2) is 13.4 Å². The predicted molar refractivity (Wildman–Crippen MR) is 76.7 cm³/mol. The molecule has 2 rings (SSSR count). The van der Waals surface area contributed by atoms with E-state index in [0.29, 0.717) is 5.56 Å². The largest absolute Gasteiger partial charge is 0.266 e. The van der Waals surface area contributed by atoms with Crippen molar-refractivity contribution in [1.82, 2.24) is 9.97 Å². The quantitative estimate of drug-likeness (QED) is 0.911. The molecule has 8 heteroatoms. The Morgan fingerprint density at radius 3 is 2.74 bits per heavy atom. The fourth-order valence-corrected chi connectivity index (χ4v) is 3.35. The second-order valence-corrected chi connectivity index (χ2v) is 6.70. The standard InChI is InChI=1S/C11H9BrClN3O2S/c1-7-4-8(12)5-15-11(7)16-19(17,18)10-6-14-3-2-9(10)13/h2-6H,1H3,(H,15,16). The molecule has 0 aliphatic carbocycles. The highest BCUT2D eigenvalue weighted by Crippen LogP contribution is 2.24. The first kappa shape index (κ1) is 14.2. The number of nitrogens with one attached hydrogen (secondary N) is 1. The maximum atomic E-state index is 12.2. The van der Waals surface area contributed by atoms with Crippen LogP contribution in [-0.2, 0) is 10.0 Å². The first-order chi connectivity index (χ1) is 8.90. The lowest BCUT2D eigenvalue weighted by molar-refractivity contribution is 0.600. The van der Waals surface area contributed by atoms with Crippen LogP contribution in [0, 0.1) is 6.92 Å². The molecule has 0 spiro atoms. The van der Waals surface area contributed by atoms with Gasteiger partial charge >= 0.3 is 0 Å². The van der Waals surface area contributed by atoms with Crippen LogP contribution in [0.2, 0.25) is 5.02 Å². The van der Waals surface area contributed by atoms with Gasteiger partial charge in [0.15, 0.2) is 0 Å². The molecule has 2 aromatic rings. The number of anilines is 1. The van der Waals surface area contributed by atoms with Crippen LogP contribution in [0.3, 0.4) is 0 Å². The van der Waals surface area contributed by atoms with Crippen LogP contribution in [0.4, 0.5) is 5.82 Å². The molecular weight excluding hydrogens is 354 g/mol. The van der Waals surface area contributed by atoms with Crippen LogP contribution in [0.25, 0.3) is 0 Å². The van der Waals surface area contributed by atoms with Crippen LogP contribution < -0.4 is 4.72 Å². The summed E-state index contributed by atoms with van der Waals surface area (Å²) in [6.45, 7) is 1.75. The average molecular weight is 363 g/mol. The van der Waals surface area contributed by atoms with Gasteiger partial charge in [0.1, 0.15) is 10.7 Å². The highest BCUT2D eigenvalue weighted by molar-refractivity contribution is 9.10. The third-order valence-corrected chi connectivity index (χ3v) is 4.54. The molecule has 0 fully saturated rings. The van der Waals surface area contributed by atoms with E-state index < -0.39 is 10.0 Å². The van der Waals surface area contributed by atoms with Gasteiger partial charge in [-0.2, -0.15) is 0 Å². The second-order valence-electron chi connectivity index (χ2n) is 3.73. The molecule has 0 saturated heterocycles. The average Bonchev–Trinajstić information content (AvgIpc) is 2.33. The van der Waals surface area contributed by atoms with Gasteiger partial charge in [0.05, 0.1) is 5.02 Å². The molecule has 2 heterocycles. The van der Waals surface area contributed by atoms with Crippen molar-refractivity contribution in [1.29, 1.82) is 0 Å². The summed E-state index contributed by atoms with van der Waals surface area (Å²) in [6.07, 6.45) is 4.12. The van der Waals surface area contributed by atoms with E-state index in [0.717, 1.165) is 4.47 Å². The van der Waals surface area contributed by atoms with Gasteiger partial charge in [0, 0.05) is 23.1 Å². The Morgan fingerprint density at radius 1 is 1.37 bits per heavy atom. The van der Waals surface area contributed by atoms with Crippen LogP contribution in [0.5, 0.6) is 0 Å². The van der Waals surface area contributed by atoms with E-state index in [9.17, 15) is 8.42 Å². The summed E-state index contributed by atoms with van der Waals surface area (Å²) < 4.78 is 27.5. The zero-order valence-corrected chi connectivity index (χ0v) is 12.9. The van der Waals surface area contributed by atoms with E-state index in [4.69, 9.17) is 11.6 Å². The molecule has 0 saturated carbocycles. The molecule has 0 radical (unpaired) electrons. The molecule has 0 unspecified atom stereocenters. The molecule has 1 N–H and O–H groups in total. The number of aryl methyl sites for hydroxylation is 1. The lowest BCUT2D eigenvalue weighted by Gasteiger charge is -2.10. The summed E-state index contributed by atoms with van der Waals surface area (Å²) >= 11 is 9.11. The minimum Gasteiger partial charge on any atom is -0.263 e. The highest BCUT2D eigenvalue weighted by atomic mass is 79.9. The first-order valence-electron chi connectivity index (χ1n) is 5.14. The van der Waals surface area contributed by atoms with Gasteiger partial charge in [-0.3, -0.25) is 9.71 Å². The van der Waals surface area contributed by atoms with E-state index in [2.05, 4.69) is 30.6 Å². The number of aromatic nitrogens is 2. The van der Waals surface area contributed by atoms with Crippen molar-refractivity contribution in [3.63, 3.8) is 0 Å². The molecule has 0 aromatic carbocycles. The summed E-state index contributed by atoms with van der Waals surface area (Å²) in [7, 11) is -3.80. The van der Waals surface area contributed by atoms with Gasteiger partial charge in [0.25, 0.3) is 10.0 Å². The van der Waals surface area contributed by atoms with Crippen molar-refractivity contribution in [3.05, 3.63) is 45.8 Å². The Morgan fingerprint density at radius 2 is 2.11 bits per heavy atom. The molecule has 0 bridgehead atoms. The van der Waals surface area contributed by atoms with E-state index in [1.165, 1.54) is 24.7 Å². The van der Waals surface area contributed by atoms with E-state index >= 15 is 0 Å². The van der Waals surface area contributed by atoms with Crippen molar-refractivity contribution in [2.75, 3.05) is 4.72 Å². The molecule has 0 aliphatic rings. The number of nitrogens with zero attached hydrogens (tertiary/aromatic N) is 2. The van der Waals surface area contributed by atoms with Crippen LogP contribution in [-0.4, -0.2) is 18.4 Å². The summed E-state index contributed by atoms with van der Waals surface area (Å²) in [5.41, 5.74) is 0.693. The number of rotatable bonds is 3. The number of sulfonamides is 1. The van der Waals surface area contributed by atoms with Crippen molar-refractivity contribution >= 4 is 43.4 Å². The maximum Gasteiger partial charge on any atom is 0.266 e. The molecule has 0 atom stereocenters. The van der Waals surface area contributed by atoms with Crippen LogP contribution in [0.15, 0.2) is 40.1 Å². The molecule has 5 nitrogen and oxygen atoms in total. The molecular formula is C11H9BrClN3O2S. The summed E-state index contributed by atoms with van der Waals surface area (Å²) in [4.78, 5) is 7.69. The fraction of sp³-hybridized carbons (Fsp3) is 0.0909. The SMILES string of the molecule is Cc1cc(Br)cnc1NS(=O)(=O)c1cnccc1Cl. The molecule has 100 valence electrons. The van der Waals surface area contributed by atoms with Crippen molar-refractivity contribution in [2.24, 2.45) is 0 Å².